The highest BCUT2D eigenvalue weighted by molar-refractivity contribution is 6.42. The number of amides is 1. The number of hydrogen-bond acceptors (Lipinski definition) is 2. The van der Waals surface area contributed by atoms with Gasteiger partial charge in [-0.3, -0.25) is 9.59 Å². The molecule has 0 fully saturated rings. The van der Waals surface area contributed by atoms with E-state index in [9.17, 15) is 9.59 Å². The van der Waals surface area contributed by atoms with Crippen molar-refractivity contribution in [3.05, 3.63) is 39.9 Å². The maximum Gasteiger partial charge on any atom is 0.308 e. The predicted molar refractivity (Wildman–Crippen MR) is 75.3 cm³/mol. The van der Waals surface area contributed by atoms with Crippen molar-refractivity contribution in [1.29, 1.82) is 0 Å². The van der Waals surface area contributed by atoms with E-state index < -0.39 is 11.9 Å². The monoisotopic (exact) mass is 301 g/mol. The van der Waals surface area contributed by atoms with Crippen molar-refractivity contribution in [3.63, 3.8) is 0 Å². The van der Waals surface area contributed by atoms with Gasteiger partial charge in [0.25, 0.3) is 0 Å². The molecule has 102 valence electrons. The van der Waals surface area contributed by atoms with Crippen molar-refractivity contribution in [2.45, 2.75) is 6.92 Å². The van der Waals surface area contributed by atoms with Crippen LogP contribution in [0.4, 0.5) is 0 Å². The Balaban J connectivity index is 2.59. The van der Waals surface area contributed by atoms with Crippen LogP contribution < -0.4 is 5.32 Å². The fraction of sp³-hybridized carbons (Fsp3) is 0.231. The van der Waals surface area contributed by atoms with E-state index >= 15 is 0 Å². The number of carbonyl (C=O) groups excluding carboxylic acids is 1. The minimum atomic E-state index is -0.956. The Bertz CT molecular complexity index is 515. The molecule has 0 aliphatic heterocycles. The van der Waals surface area contributed by atoms with Gasteiger partial charge in [-0.25, -0.2) is 0 Å². The molecule has 1 amide bonds. The normalized spacial score (nSPS) is 12.4. The second-order valence-electron chi connectivity index (χ2n) is 3.96. The van der Waals surface area contributed by atoms with Gasteiger partial charge in [-0.2, -0.15) is 0 Å². The molecule has 1 rings (SSSR count). The fourth-order valence-electron chi connectivity index (χ4n) is 1.21. The Morgan fingerprint density at radius 1 is 1.42 bits per heavy atom. The average Bonchev–Trinajstić information content (AvgIpc) is 2.37. The second-order valence-corrected chi connectivity index (χ2v) is 4.75. The highest BCUT2D eigenvalue weighted by Crippen LogP contribution is 2.26. The standard InChI is InChI=1S/C13H13Cl2NO3/c1-8(13(18)19)7-16-11(17)6-5-9-3-2-4-10(14)12(9)15/h2-6,8H,7H2,1H3,(H,16,17)(H,18,19). The van der Waals surface area contributed by atoms with E-state index in [1.807, 2.05) is 0 Å². The van der Waals surface area contributed by atoms with Gasteiger partial charge in [0, 0.05) is 12.6 Å². The van der Waals surface area contributed by atoms with Crippen LogP contribution in [0.3, 0.4) is 0 Å². The van der Waals surface area contributed by atoms with Crippen molar-refractivity contribution in [2.75, 3.05) is 6.54 Å². The van der Waals surface area contributed by atoms with Crippen LogP contribution >= 0.6 is 23.2 Å². The molecule has 0 aliphatic rings. The molecule has 19 heavy (non-hydrogen) atoms. The molecule has 0 aliphatic carbocycles. The van der Waals surface area contributed by atoms with Gasteiger partial charge in [0.05, 0.1) is 16.0 Å². The summed E-state index contributed by atoms with van der Waals surface area (Å²) in [6, 6.07) is 5.09. The lowest BCUT2D eigenvalue weighted by molar-refractivity contribution is -0.141. The molecule has 1 aromatic rings. The molecule has 0 bridgehead atoms. The number of rotatable bonds is 5. The van der Waals surface area contributed by atoms with Gasteiger partial charge in [0.2, 0.25) is 5.91 Å². The van der Waals surface area contributed by atoms with Gasteiger partial charge < -0.3 is 10.4 Å². The summed E-state index contributed by atoms with van der Waals surface area (Å²) in [5.41, 5.74) is 0.621. The molecular weight excluding hydrogens is 289 g/mol. The summed E-state index contributed by atoms with van der Waals surface area (Å²) in [6.07, 6.45) is 2.81. The summed E-state index contributed by atoms with van der Waals surface area (Å²) >= 11 is 11.8. The topological polar surface area (TPSA) is 66.4 Å². The highest BCUT2D eigenvalue weighted by Gasteiger charge is 2.10. The van der Waals surface area contributed by atoms with E-state index in [0.29, 0.717) is 15.6 Å². The lowest BCUT2D eigenvalue weighted by Gasteiger charge is -2.06. The van der Waals surface area contributed by atoms with Crippen molar-refractivity contribution < 1.29 is 14.7 Å². The molecule has 4 nitrogen and oxygen atoms in total. The number of hydrogen-bond donors (Lipinski definition) is 2. The number of benzene rings is 1. The molecule has 1 aromatic carbocycles. The molecule has 0 saturated carbocycles. The third kappa shape index (κ3) is 4.93. The first kappa shape index (κ1) is 15.5. The molecule has 1 atom stereocenters. The van der Waals surface area contributed by atoms with Crippen LogP contribution in [0, 0.1) is 5.92 Å². The number of carbonyl (C=O) groups is 2. The van der Waals surface area contributed by atoms with Gasteiger partial charge >= 0.3 is 5.97 Å². The number of carboxylic acid groups (broad SMARTS) is 1. The molecule has 0 radical (unpaired) electrons. The lowest BCUT2D eigenvalue weighted by Crippen LogP contribution is -2.30. The summed E-state index contributed by atoms with van der Waals surface area (Å²) in [6.45, 7) is 1.59. The molecule has 0 saturated heterocycles. The summed E-state index contributed by atoms with van der Waals surface area (Å²) in [7, 11) is 0. The SMILES string of the molecule is CC(CNC(=O)C=Cc1cccc(Cl)c1Cl)C(=O)O. The number of halogens is 2. The van der Waals surface area contributed by atoms with Crippen molar-refractivity contribution >= 4 is 41.2 Å². The molecule has 1 unspecified atom stereocenters. The summed E-state index contributed by atoms with van der Waals surface area (Å²) in [5.74, 6) is -1.97. The van der Waals surface area contributed by atoms with E-state index in [2.05, 4.69) is 5.32 Å². The second kappa shape index (κ2) is 7.16. The predicted octanol–water partition coefficient (Wildman–Crippen LogP) is 2.84. The fourth-order valence-corrected chi connectivity index (χ4v) is 1.59. The molecule has 6 heteroatoms. The molecular formula is C13H13Cl2NO3. The first-order chi connectivity index (χ1) is 8.91. The zero-order valence-corrected chi connectivity index (χ0v) is 11.7. The maximum absolute atomic E-state index is 11.5. The molecule has 0 heterocycles. The van der Waals surface area contributed by atoms with E-state index in [4.69, 9.17) is 28.3 Å². The van der Waals surface area contributed by atoms with Gasteiger partial charge in [-0.15, -0.1) is 0 Å². The summed E-state index contributed by atoms with van der Waals surface area (Å²) in [5, 5.41) is 11.9. The van der Waals surface area contributed by atoms with Crippen LogP contribution in [0.1, 0.15) is 12.5 Å². The zero-order chi connectivity index (χ0) is 14.4. The average molecular weight is 302 g/mol. The minimum absolute atomic E-state index is 0.0712. The first-order valence-electron chi connectivity index (χ1n) is 5.54. The maximum atomic E-state index is 11.5. The number of carboxylic acids is 1. The van der Waals surface area contributed by atoms with E-state index in [-0.39, 0.29) is 12.5 Å². The van der Waals surface area contributed by atoms with Gasteiger partial charge in [0.15, 0.2) is 0 Å². The Labute approximate surface area is 121 Å². The Morgan fingerprint density at radius 2 is 2.11 bits per heavy atom. The van der Waals surface area contributed by atoms with Gasteiger partial charge in [-0.1, -0.05) is 42.3 Å². The summed E-state index contributed by atoms with van der Waals surface area (Å²) in [4.78, 5) is 22.0. The minimum Gasteiger partial charge on any atom is -0.481 e. The van der Waals surface area contributed by atoms with Crippen LogP contribution in [-0.4, -0.2) is 23.5 Å². The Kier molecular flexibility index (Phi) is 5.86. The zero-order valence-electron chi connectivity index (χ0n) is 10.2. The van der Waals surface area contributed by atoms with Crippen molar-refractivity contribution in [2.24, 2.45) is 5.92 Å². The van der Waals surface area contributed by atoms with E-state index in [0.717, 1.165) is 0 Å². The van der Waals surface area contributed by atoms with Crippen molar-refractivity contribution in [1.82, 2.24) is 5.32 Å². The Morgan fingerprint density at radius 3 is 2.74 bits per heavy atom. The highest BCUT2D eigenvalue weighted by atomic mass is 35.5. The van der Waals surface area contributed by atoms with E-state index in [1.165, 1.54) is 19.1 Å². The molecule has 2 N–H and O–H groups in total. The van der Waals surface area contributed by atoms with Gasteiger partial charge in [0.1, 0.15) is 0 Å². The molecule has 0 spiro atoms. The van der Waals surface area contributed by atoms with Crippen molar-refractivity contribution in [3.8, 4) is 0 Å². The quantitative estimate of drug-likeness (QED) is 0.822. The van der Waals surface area contributed by atoms with Crippen LogP contribution in [0.25, 0.3) is 6.08 Å². The van der Waals surface area contributed by atoms with E-state index in [1.54, 1.807) is 18.2 Å². The van der Waals surface area contributed by atoms with Crippen LogP contribution in [0.5, 0.6) is 0 Å². The number of aliphatic carboxylic acids is 1. The number of nitrogens with one attached hydrogen (secondary N) is 1. The lowest BCUT2D eigenvalue weighted by atomic mass is 10.2. The van der Waals surface area contributed by atoms with Crippen LogP contribution in [-0.2, 0) is 9.59 Å². The largest absolute Gasteiger partial charge is 0.481 e. The summed E-state index contributed by atoms with van der Waals surface area (Å²) < 4.78 is 0. The smallest absolute Gasteiger partial charge is 0.308 e. The van der Waals surface area contributed by atoms with Gasteiger partial charge in [-0.05, 0) is 17.7 Å². The third-order valence-corrected chi connectivity index (χ3v) is 3.23. The third-order valence-electron chi connectivity index (χ3n) is 2.40. The molecule has 0 aromatic heterocycles. The van der Waals surface area contributed by atoms with Crippen LogP contribution in [0.2, 0.25) is 10.0 Å². The van der Waals surface area contributed by atoms with Crippen LogP contribution in [0.15, 0.2) is 24.3 Å². The Hall–Kier alpha value is -1.52. The first-order valence-corrected chi connectivity index (χ1v) is 6.30.